The molecule has 1 aromatic heterocycles. The van der Waals surface area contributed by atoms with Crippen LogP contribution in [0.15, 0.2) is 17.1 Å². The maximum Gasteiger partial charge on any atom is 0.248 e. The highest BCUT2D eigenvalue weighted by molar-refractivity contribution is 9.10. The van der Waals surface area contributed by atoms with Crippen molar-refractivity contribution in [1.82, 2.24) is 9.97 Å². The van der Waals surface area contributed by atoms with Crippen molar-refractivity contribution in [3.05, 3.63) is 17.1 Å². The van der Waals surface area contributed by atoms with Crippen LogP contribution in [0.1, 0.15) is 25.7 Å². The van der Waals surface area contributed by atoms with Crippen molar-refractivity contribution >= 4 is 15.9 Å². The van der Waals surface area contributed by atoms with Gasteiger partial charge in [0.05, 0.1) is 19.0 Å². The van der Waals surface area contributed by atoms with E-state index in [1.807, 2.05) is 0 Å². The molecule has 0 bridgehead atoms. The Balaban J connectivity index is 1.78. The van der Waals surface area contributed by atoms with Crippen molar-refractivity contribution in [1.29, 1.82) is 0 Å². The molecule has 1 heterocycles. The van der Waals surface area contributed by atoms with Gasteiger partial charge in [-0.15, -0.1) is 0 Å². The Morgan fingerprint density at radius 1 is 1.29 bits per heavy atom. The summed E-state index contributed by atoms with van der Waals surface area (Å²) in [5, 5.41) is 0. The summed E-state index contributed by atoms with van der Waals surface area (Å²) in [6.45, 7) is 0.459. The predicted molar refractivity (Wildman–Crippen MR) is 62.1 cm³/mol. The summed E-state index contributed by atoms with van der Waals surface area (Å²) in [7, 11) is 0. The summed E-state index contributed by atoms with van der Waals surface area (Å²) < 4.78 is 31.8. The third kappa shape index (κ3) is 3.87. The zero-order valence-electron chi connectivity index (χ0n) is 9.20. The van der Waals surface area contributed by atoms with E-state index in [4.69, 9.17) is 4.74 Å². The molecule has 94 valence electrons. The number of ether oxygens (including phenoxy) is 1. The second-order valence-electron chi connectivity index (χ2n) is 4.30. The minimum atomic E-state index is -2.47. The van der Waals surface area contributed by atoms with Gasteiger partial charge in [0.25, 0.3) is 0 Å². The van der Waals surface area contributed by atoms with E-state index < -0.39 is 5.92 Å². The normalized spacial score (nSPS) is 20.2. The van der Waals surface area contributed by atoms with Gasteiger partial charge in [-0.25, -0.2) is 18.7 Å². The van der Waals surface area contributed by atoms with Crippen LogP contribution in [0, 0.1) is 5.92 Å². The molecule has 0 spiro atoms. The summed E-state index contributed by atoms with van der Waals surface area (Å²) in [5.41, 5.74) is 0. The number of rotatable bonds is 3. The van der Waals surface area contributed by atoms with E-state index in [9.17, 15) is 8.78 Å². The van der Waals surface area contributed by atoms with Crippen LogP contribution < -0.4 is 4.74 Å². The minimum Gasteiger partial charge on any atom is -0.490 e. The van der Waals surface area contributed by atoms with Crippen LogP contribution >= 0.6 is 15.9 Å². The first-order chi connectivity index (χ1) is 8.05. The fourth-order valence-electron chi connectivity index (χ4n) is 1.86. The minimum absolute atomic E-state index is 0.0299. The van der Waals surface area contributed by atoms with Gasteiger partial charge >= 0.3 is 0 Å². The number of hydrogen-bond donors (Lipinski definition) is 0. The van der Waals surface area contributed by atoms with Gasteiger partial charge in [-0.2, -0.15) is 0 Å². The Hall–Kier alpha value is -0.780. The van der Waals surface area contributed by atoms with Crippen LogP contribution in [0.5, 0.6) is 5.75 Å². The average Bonchev–Trinajstić information content (AvgIpc) is 2.30. The Labute approximate surface area is 107 Å². The first kappa shape index (κ1) is 12.7. The monoisotopic (exact) mass is 306 g/mol. The van der Waals surface area contributed by atoms with Crippen LogP contribution in [-0.2, 0) is 0 Å². The first-order valence-corrected chi connectivity index (χ1v) is 6.33. The zero-order chi connectivity index (χ0) is 12.3. The lowest BCUT2D eigenvalue weighted by molar-refractivity contribution is -0.0498. The van der Waals surface area contributed by atoms with E-state index in [0.29, 0.717) is 29.9 Å². The molecule has 1 aromatic rings. The molecule has 0 aromatic carbocycles. The Morgan fingerprint density at radius 2 is 1.88 bits per heavy atom. The molecule has 6 heteroatoms. The van der Waals surface area contributed by atoms with E-state index >= 15 is 0 Å². The van der Waals surface area contributed by atoms with Crippen LogP contribution in [0.25, 0.3) is 0 Å². The molecule has 0 unspecified atom stereocenters. The van der Waals surface area contributed by atoms with Crippen molar-refractivity contribution in [2.75, 3.05) is 6.61 Å². The van der Waals surface area contributed by atoms with E-state index in [2.05, 4.69) is 25.9 Å². The van der Waals surface area contributed by atoms with Crippen molar-refractivity contribution in [3.63, 3.8) is 0 Å². The lowest BCUT2D eigenvalue weighted by Gasteiger charge is -2.27. The molecular weight excluding hydrogens is 294 g/mol. The molecule has 3 nitrogen and oxygen atoms in total. The number of halogens is 3. The summed E-state index contributed by atoms with van der Waals surface area (Å²) in [6, 6.07) is 0. The van der Waals surface area contributed by atoms with Crippen LogP contribution in [0.3, 0.4) is 0 Å². The molecule has 1 fully saturated rings. The summed E-state index contributed by atoms with van der Waals surface area (Å²) in [6.07, 6.45) is 4.10. The first-order valence-electron chi connectivity index (χ1n) is 5.53. The van der Waals surface area contributed by atoms with Gasteiger partial charge in [-0.1, -0.05) is 0 Å². The van der Waals surface area contributed by atoms with Gasteiger partial charge in [-0.05, 0) is 34.7 Å². The zero-order valence-corrected chi connectivity index (χ0v) is 10.8. The Bertz CT molecular complexity index is 362. The van der Waals surface area contributed by atoms with Gasteiger partial charge in [-0.3, -0.25) is 0 Å². The Morgan fingerprint density at radius 3 is 2.47 bits per heavy atom. The molecule has 0 aliphatic heterocycles. The predicted octanol–water partition coefficient (Wildman–Crippen LogP) is 3.44. The van der Waals surface area contributed by atoms with Crippen LogP contribution in [0.4, 0.5) is 8.78 Å². The summed E-state index contributed by atoms with van der Waals surface area (Å²) in [4.78, 5) is 7.85. The molecule has 2 rings (SSSR count). The van der Waals surface area contributed by atoms with E-state index in [1.54, 1.807) is 12.4 Å². The molecule has 0 N–H and O–H groups in total. The molecule has 1 aliphatic rings. The summed E-state index contributed by atoms with van der Waals surface area (Å²) >= 11 is 3.12. The lowest BCUT2D eigenvalue weighted by atomic mass is 9.87. The topological polar surface area (TPSA) is 35.0 Å². The smallest absolute Gasteiger partial charge is 0.248 e. The number of hydrogen-bond acceptors (Lipinski definition) is 3. The maximum atomic E-state index is 12.9. The highest BCUT2D eigenvalue weighted by Crippen LogP contribution is 2.36. The molecule has 0 amide bonds. The second-order valence-corrected chi connectivity index (χ2v) is 5.01. The molecule has 17 heavy (non-hydrogen) atoms. The third-order valence-electron chi connectivity index (χ3n) is 2.92. The van der Waals surface area contributed by atoms with Crippen LogP contribution in [0.2, 0.25) is 0 Å². The Kier molecular flexibility index (Phi) is 3.91. The van der Waals surface area contributed by atoms with E-state index in [0.717, 1.165) is 0 Å². The molecule has 0 radical (unpaired) electrons. The number of nitrogens with zero attached hydrogens (tertiary/aromatic N) is 2. The highest BCUT2D eigenvalue weighted by Gasteiger charge is 2.34. The van der Waals surface area contributed by atoms with Gasteiger partial charge in [0.2, 0.25) is 5.92 Å². The van der Waals surface area contributed by atoms with E-state index in [1.165, 1.54) is 0 Å². The molecular formula is C11H13BrF2N2O. The fourth-order valence-corrected chi connectivity index (χ4v) is 2.06. The average molecular weight is 307 g/mol. The number of aromatic nitrogens is 2. The number of alkyl halides is 2. The quantitative estimate of drug-likeness (QED) is 0.802. The van der Waals surface area contributed by atoms with Gasteiger partial charge in [0, 0.05) is 12.8 Å². The largest absolute Gasteiger partial charge is 0.490 e. The lowest BCUT2D eigenvalue weighted by Crippen LogP contribution is -2.27. The van der Waals surface area contributed by atoms with Crippen molar-refractivity contribution in [2.45, 2.75) is 31.6 Å². The molecule has 1 aliphatic carbocycles. The van der Waals surface area contributed by atoms with Crippen molar-refractivity contribution in [2.24, 2.45) is 5.92 Å². The summed E-state index contributed by atoms with van der Waals surface area (Å²) in [5.74, 6) is -1.69. The fraction of sp³-hybridized carbons (Fsp3) is 0.636. The molecule has 0 saturated heterocycles. The van der Waals surface area contributed by atoms with Crippen molar-refractivity contribution < 1.29 is 13.5 Å². The van der Waals surface area contributed by atoms with Crippen molar-refractivity contribution in [3.8, 4) is 5.75 Å². The van der Waals surface area contributed by atoms with E-state index in [-0.39, 0.29) is 18.8 Å². The maximum absolute atomic E-state index is 12.9. The standard InChI is InChI=1S/C11H13BrF2N2O/c12-10-15-5-9(6-16-10)17-7-8-1-3-11(13,14)4-2-8/h5-6,8H,1-4,7H2. The SMILES string of the molecule is FC1(F)CCC(COc2cnc(Br)nc2)CC1. The molecule has 1 saturated carbocycles. The van der Waals surface area contributed by atoms with Gasteiger partial charge < -0.3 is 4.74 Å². The second kappa shape index (κ2) is 5.25. The molecule has 0 atom stereocenters. The van der Waals surface area contributed by atoms with Gasteiger partial charge in [0.1, 0.15) is 0 Å². The highest BCUT2D eigenvalue weighted by atomic mass is 79.9. The van der Waals surface area contributed by atoms with Gasteiger partial charge in [0.15, 0.2) is 10.5 Å². The van der Waals surface area contributed by atoms with Crippen LogP contribution in [-0.4, -0.2) is 22.5 Å². The third-order valence-corrected chi connectivity index (χ3v) is 3.33.